The molecule has 0 saturated carbocycles. The van der Waals surface area contributed by atoms with E-state index in [1.807, 2.05) is 0 Å². The molecule has 298 valence electrons. The van der Waals surface area contributed by atoms with E-state index in [1.54, 1.807) is 0 Å². The highest BCUT2D eigenvalue weighted by Gasteiger charge is 2.26. The zero-order valence-electron chi connectivity index (χ0n) is 29.9. The maximum atomic E-state index is 15.9. The minimum absolute atomic E-state index is 0.00750. The number of H-pyrrole nitrogens is 2. The number of aromatic nitrogens is 4. The van der Waals surface area contributed by atoms with Crippen molar-refractivity contribution in [2.24, 2.45) is 0 Å². The molecule has 0 radical (unpaired) electrons. The fourth-order valence-corrected chi connectivity index (χ4v) is 7.28. The Kier molecular flexibility index (Phi) is 8.73. The third kappa shape index (κ3) is 5.82. The fourth-order valence-electron chi connectivity index (χ4n) is 7.28. The monoisotopic (exact) mass is 822 g/mol. The topological polar surface area (TPSA) is 138 Å². The fraction of sp³-hybridized carbons (Fsp3) is 0. The number of phenols is 4. The van der Waals surface area contributed by atoms with E-state index in [-0.39, 0.29) is 67.1 Å². The number of rotatable bonds is 4. The van der Waals surface area contributed by atoms with Crippen LogP contribution in [-0.2, 0) is 0 Å². The number of hydrogen-bond donors (Lipinski definition) is 6. The number of benzene rings is 4. The first-order valence-electron chi connectivity index (χ1n) is 17.6. The summed E-state index contributed by atoms with van der Waals surface area (Å²) in [5.41, 5.74) is -2.37. The second-order valence-corrected chi connectivity index (χ2v) is 13.5. The van der Waals surface area contributed by atoms with Gasteiger partial charge in [-0.15, -0.1) is 0 Å². The Labute approximate surface area is 331 Å². The molecule has 0 unspecified atom stereocenters. The second-order valence-electron chi connectivity index (χ2n) is 13.5. The highest BCUT2D eigenvalue weighted by molar-refractivity contribution is 6.00. The van der Waals surface area contributed by atoms with Crippen LogP contribution < -0.4 is 0 Å². The molecule has 0 amide bonds. The number of fused-ring (bicyclic) bond motifs is 8. The summed E-state index contributed by atoms with van der Waals surface area (Å²) in [6.45, 7) is 0. The second kappa shape index (κ2) is 13.9. The van der Waals surface area contributed by atoms with Crippen molar-refractivity contribution >= 4 is 46.4 Å². The van der Waals surface area contributed by atoms with Gasteiger partial charge in [0.15, 0.2) is 69.5 Å². The zero-order valence-corrected chi connectivity index (χ0v) is 29.9. The van der Waals surface area contributed by atoms with Crippen molar-refractivity contribution in [3.63, 3.8) is 0 Å². The summed E-state index contributed by atoms with van der Waals surface area (Å²) in [7, 11) is 0. The SMILES string of the molecule is Oc1c(F)ccc(-c2c3nc(c(-c4ccc(F)c(O)c4F)c4ccc([nH]4)c(-c4ccc(F)c(O)c4F)c4nc(c(-c5ccc(F)c(O)c5F)c5ccc2[nH]5)C=C4)C=C3)c1F. The number of phenolic OH excluding ortho intramolecular Hbond substituents is 4. The molecule has 0 saturated heterocycles. The lowest BCUT2D eigenvalue weighted by Crippen LogP contribution is -1.95. The van der Waals surface area contributed by atoms with Crippen LogP contribution in [0.1, 0.15) is 22.8 Å². The molecule has 0 atom stereocenters. The maximum Gasteiger partial charge on any atom is 0.188 e. The summed E-state index contributed by atoms with van der Waals surface area (Å²) >= 11 is 0. The molecule has 0 spiro atoms. The van der Waals surface area contributed by atoms with Gasteiger partial charge >= 0.3 is 0 Å². The van der Waals surface area contributed by atoms with Crippen LogP contribution in [0.5, 0.6) is 23.0 Å². The molecule has 4 aromatic carbocycles. The van der Waals surface area contributed by atoms with Crippen molar-refractivity contribution in [3.05, 3.63) is 142 Å². The first-order valence-corrected chi connectivity index (χ1v) is 17.6. The van der Waals surface area contributed by atoms with E-state index < -0.39 is 91.8 Å². The van der Waals surface area contributed by atoms with Crippen LogP contribution in [0.4, 0.5) is 35.1 Å². The summed E-state index contributed by atoms with van der Waals surface area (Å²) in [5, 5.41) is 41.4. The van der Waals surface area contributed by atoms with Gasteiger partial charge in [-0.05, 0) is 97.1 Å². The van der Waals surface area contributed by atoms with Gasteiger partial charge in [0.25, 0.3) is 0 Å². The molecule has 5 heterocycles. The molecular weight excluding hydrogens is 800 g/mol. The minimum atomic E-state index is -1.41. The minimum Gasteiger partial charge on any atom is -0.503 e. The first-order chi connectivity index (χ1) is 28.7. The summed E-state index contributed by atoms with van der Waals surface area (Å²) in [6.07, 6.45) is 5.43. The molecule has 16 heteroatoms. The van der Waals surface area contributed by atoms with Gasteiger partial charge < -0.3 is 30.4 Å². The number of aromatic hydroxyl groups is 4. The molecular formula is C44H22F8N4O4. The summed E-state index contributed by atoms with van der Waals surface area (Å²) < 4.78 is 121. The van der Waals surface area contributed by atoms with Crippen LogP contribution in [0, 0.1) is 46.5 Å². The first kappa shape index (κ1) is 37.7. The highest BCUT2D eigenvalue weighted by atomic mass is 19.2. The molecule has 9 rings (SSSR count). The van der Waals surface area contributed by atoms with Gasteiger partial charge in [-0.2, -0.15) is 0 Å². The molecule has 6 N–H and O–H groups in total. The Balaban J connectivity index is 1.53. The number of halogens is 8. The number of aromatic amines is 2. The van der Waals surface area contributed by atoms with Crippen molar-refractivity contribution in [1.82, 2.24) is 19.9 Å². The average Bonchev–Trinajstić information content (AvgIpc) is 4.08. The van der Waals surface area contributed by atoms with Crippen molar-refractivity contribution in [1.29, 1.82) is 0 Å². The van der Waals surface area contributed by atoms with Gasteiger partial charge in [0, 0.05) is 66.6 Å². The van der Waals surface area contributed by atoms with Crippen LogP contribution >= 0.6 is 0 Å². The molecule has 3 aromatic heterocycles. The Bertz CT molecular complexity index is 2850. The van der Waals surface area contributed by atoms with Crippen LogP contribution in [0.2, 0.25) is 0 Å². The smallest absolute Gasteiger partial charge is 0.188 e. The van der Waals surface area contributed by atoms with Crippen LogP contribution in [0.15, 0.2) is 72.8 Å². The van der Waals surface area contributed by atoms with Gasteiger partial charge in [-0.3, -0.25) is 0 Å². The van der Waals surface area contributed by atoms with Gasteiger partial charge in [-0.1, -0.05) is 0 Å². The molecule has 0 aliphatic carbocycles. The van der Waals surface area contributed by atoms with E-state index in [9.17, 15) is 38.0 Å². The van der Waals surface area contributed by atoms with Crippen LogP contribution in [0.3, 0.4) is 0 Å². The quantitative estimate of drug-likeness (QED) is 0.0978. The Hall–Kier alpha value is -7.88. The predicted molar refractivity (Wildman–Crippen MR) is 207 cm³/mol. The summed E-state index contributed by atoms with van der Waals surface area (Å²) in [5.74, 6) is -16.1. The van der Waals surface area contributed by atoms with E-state index in [0.29, 0.717) is 0 Å². The average molecular weight is 823 g/mol. The normalized spacial score (nSPS) is 12.1. The molecule has 8 bridgehead atoms. The van der Waals surface area contributed by atoms with Crippen LogP contribution in [-0.4, -0.2) is 40.4 Å². The van der Waals surface area contributed by atoms with Gasteiger partial charge in [0.1, 0.15) is 0 Å². The molecule has 8 nitrogen and oxygen atoms in total. The summed E-state index contributed by atoms with van der Waals surface area (Å²) in [6, 6.07) is 12.8. The lowest BCUT2D eigenvalue weighted by Gasteiger charge is -2.10. The largest absolute Gasteiger partial charge is 0.503 e. The van der Waals surface area contributed by atoms with Gasteiger partial charge in [-0.25, -0.2) is 45.1 Å². The van der Waals surface area contributed by atoms with Crippen LogP contribution in [0.25, 0.3) is 90.9 Å². The standard InChI is InChI=1S/C44H22F8N4O4/c45-21-5-1-17(37(49)41(21)57)33-25-9-11-27(53-25)34(18-2-6-22(46)42(58)38(18)50)29-13-15-31(55-29)36(20-4-8-24(48)44(60)40(20)52)32-16-14-30(56-32)35(28-12-10-26(33)54-28)19-3-7-23(47)43(59)39(19)51/h1-16,53,56-60H. The highest BCUT2D eigenvalue weighted by Crippen LogP contribution is 2.43. The van der Waals surface area contributed by atoms with E-state index in [4.69, 9.17) is 0 Å². The molecule has 2 aliphatic heterocycles. The lowest BCUT2D eigenvalue weighted by atomic mass is 10.0. The van der Waals surface area contributed by atoms with Crippen molar-refractivity contribution in [2.75, 3.05) is 0 Å². The Morgan fingerprint density at radius 2 is 0.533 bits per heavy atom. The molecule has 2 aliphatic rings. The number of hydrogen-bond acceptors (Lipinski definition) is 6. The Morgan fingerprint density at radius 1 is 0.317 bits per heavy atom. The van der Waals surface area contributed by atoms with Crippen molar-refractivity contribution in [2.45, 2.75) is 0 Å². The maximum absolute atomic E-state index is 15.9. The number of nitrogens with zero attached hydrogens (tertiary/aromatic N) is 2. The van der Waals surface area contributed by atoms with E-state index >= 15 is 17.6 Å². The Morgan fingerprint density at radius 3 is 0.750 bits per heavy atom. The zero-order chi connectivity index (χ0) is 42.3. The van der Waals surface area contributed by atoms with E-state index in [0.717, 1.165) is 48.5 Å². The van der Waals surface area contributed by atoms with Crippen molar-refractivity contribution in [3.8, 4) is 67.5 Å². The van der Waals surface area contributed by atoms with Crippen molar-refractivity contribution < 1.29 is 55.5 Å². The van der Waals surface area contributed by atoms with E-state index in [2.05, 4.69) is 19.9 Å². The molecule has 0 fully saturated rings. The van der Waals surface area contributed by atoms with Gasteiger partial charge in [0.2, 0.25) is 0 Å². The lowest BCUT2D eigenvalue weighted by molar-refractivity contribution is 0.397. The molecule has 7 aromatic rings. The van der Waals surface area contributed by atoms with E-state index in [1.165, 1.54) is 48.6 Å². The third-order valence-corrected chi connectivity index (χ3v) is 10.1. The third-order valence-electron chi connectivity index (χ3n) is 10.1. The predicted octanol–water partition coefficient (Wildman–Crippen LogP) is 11.3. The summed E-state index contributed by atoms with van der Waals surface area (Å²) in [4.78, 5) is 15.3. The number of nitrogens with one attached hydrogen (secondary N) is 2. The molecule has 60 heavy (non-hydrogen) atoms. The van der Waals surface area contributed by atoms with Gasteiger partial charge in [0.05, 0.1) is 22.8 Å².